The molecular weight excluding hydrogens is 499 g/mol. The topological polar surface area (TPSA) is 144 Å². The number of hydrogen-bond acceptors (Lipinski definition) is 9. The number of anilines is 1. The maximum Gasteiger partial charge on any atom is 0.573 e. The van der Waals surface area contributed by atoms with E-state index in [4.69, 9.17) is 0 Å². The number of alkyl halides is 3. The Kier molecular flexibility index (Phi) is 7.81. The molecule has 0 amide bonds. The molecule has 14 heteroatoms. The third-order valence-electron chi connectivity index (χ3n) is 5.53. The zero-order chi connectivity index (χ0) is 27.5. The van der Waals surface area contributed by atoms with Crippen molar-refractivity contribution in [3.63, 3.8) is 0 Å². The van der Waals surface area contributed by atoms with Gasteiger partial charge in [-0.15, -0.1) is 13.2 Å². The summed E-state index contributed by atoms with van der Waals surface area (Å²) in [5.41, 5.74) is 1.86. The van der Waals surface area contributed by atoms with Gasteiger partial charge in [-0.3, -0.25) is 30.2 Å². The second-order valence-corrected chi connectivity index (χ2v) is 9.04. The monoisotopic (exact) mass is 523 g/mol. The van der Waals surface area contributed by atoms with Gasteiger partial charge in [0.05, 0.1) is 28.5 Å². The average Bonchev–Trinajstić information content (AvgIpc) is 3.43. The molecule has 0 aliphatic carbocycles. The van der Waals surface area contributed by atoms with Crippen LogP contribution >= 0.6 is 0 Å². The lowest BCUT2D eigenvalue weighted by Crippen LogP contribution is -2.28. The van der Waals surface area contributed by atoms with Crippen LogP contribution in [0.15, 0.2) is 34.3 Å². The van der Waals surface area contributed by atoms with E-state index in [-0.39, 0.29) is 17.2 Å². The number of ether oxygens (including phenoxy) is 1. The molecule has 1 N–H and O–H groups in total. The van der Waals surface area contributed by atoms with Gasteiger partial charge < -0.3 is 14.7 Å². The molecule has 2 heterocycles. The lowest BCUT2D eigenvalue weighted by Gasteiger charge is -2.24. The molecule has 0 bridgehead atoms. The number of nitrogens with zero attached hydrogens (tertiary/aromatic N) is 5. The molecule has 0 radical (unpaired) electrons. The molecule has 0 saturated carbocycles. The Morgan fingerprint density at radius 2 is 1.49 bits per heavy atom. The van der Waals surface area contributed by atoms with Gasteiger partial charge in [0.2, 0.25) is 5.75 Å². The van der Waals surface area contributed by atoms with E-state index in [0.717, 1.165) is 23.3 Å². The van der Waals surface area contributed by atoms with Crippen molar-refractivity contribution in [1.82, 2.24) is 0 Å². The minimum atomic E-state index is -4.96. The quantitative estimate of drug-likeness (QED) is 0.414. The summed E-state index contributed by atoms with van der Waals surface area (Å²) in [5.74, 6) is -0.813. The highest BCUT2D eigenvalue weighted by Gasteiger charge is 2.35. The highest BCUT2D eigenvalue weighted by molar-refractivity contribution is 5.88. The summed E-state index contributed by atoms with van der Waals surface area (Å²) in [4.78, 5) is 30.3. The summed E-state index contributed by atoms with van der Waals surface area (Å²) >= 11 is 0. The standard InChI is InChI=1S/C14H19N3O3.C9H5F3N2O3/c1-14(2,18)4-5-16(3)12-6-10-8-15-9-11(10)7-13(12)17(19)20;10-9(11,12)17-8-2-6-4-13-3-5(6)1-7(8)14(15)16/h6-7,9,18H,4-5,8H2,1-3H3;1-3H,4H2. The maximum absolute atomic E-state index is 12.1. The van der Waals surface area contributed by atoms with Crippen molar-refractivity contribution in [2.75, 3.05) is 18.5 Å². The fourth-order valence-electron chi connectivity index (χ4n) is 3.62. The first kappa shape index (κ1) is 27.5. The molecule has 0 saturated heterocycles. The molecule has 37 heavy (non-hydrogen) atoms. The molecule has 2 aromatic rings. The first-order valence-electron chi connectivity index (χ1n) is 11.0. The Bertz CT molecular complexity index is 1270. The van der Waals surface area contributed by atoms with Crippen LogP contribution in [0.5, 0.6) is 5.75 Å². The van der Waals surface area contributed by atoms with Crippen LogP contribution in [-0.4, -0.2) is 52.9 Å². The number of nitro benzene ring substituents is 2. The zero-order valence-electron chi connectivity index (χ0n) is 20.2. The van der Waals surface area contributed by atoms with Gasteiger partial charge in [-0.1, -0.05) is 0 Å². The highest BCUT2D eigenvalue weighted by Crippen LogP contribution is 2.36. The van der Waals surface area contributed by atoms with Crippen LogP contribution in [0.3, 0.4) is 0 Å². The summed E-state index contributed by atoms with van der Waals surface area (Å²) in [6.07, 6.45) is -1.38. The summed E-state index contributed by atoms with van der Waals surface area (Å²) in [7, 11) is 1.80. The van der Waals surface area contributed by atoms with Crippen LogP contribution in [0.4, 0.5) is 30.2 Å². The van der Waals surface area contributed by atoms with Crippen molar-refractivity contribution in [2.45, 2.75) is 45.3 Å². The molecule has 0 atom stereocenters. The van der Waals surface area contributed by atoms with Gasteiger partial charge in [0.15, 0.2) is 0 Å². The van der Waals surface area contributed by atoms with E-state index in [1.807, 2.05) is 11.0 Å². The Hall–Kier alpha value is -4.07. The van der Waals surface area contributed by atoms with Crippen molar-refractivity contribution in [3.8, 4) is 5.75 Å². The van der Waals surface area contributed by atoms with Crippen molar-refractivity contribution in [1.29, 1.82) is 0 Å². The first-order valence-corrected chi connectivity index (χ1v) is 11.0. The van der Waals surface area contributed by atoms with E-state index in [1.54, 1.807) is 33.2 Å². The molecule has 2 aliphatic heterocycles. The van der Waals surface area contributed by atoms with Crippen molar-refractivity contribution in [2.24, 2.45) is 9.98 Å². The van der Waals surface area contributed by atoms with Crippen LogP contribution in [0.2, 0.25) is 0 Å². The molecule has 4 rings (SSSR count). The molecule has 0 spiro atoms. The molecule has 2 aromatic carbocycles. The van der Waals surface area contributed by atoms with Crippen LogP contribution in [0, 0.1) is 20.2 Å². The van der Waals surface area contributed by atoms with E-state index in [9.17, 15) is 38.5 Å². The first-order chi connectivity index (χ1) is 17.1. The molecule has 11 nitrogen and oxygen atoms in total. The minimum Gasteiger partial charge on any atom is -0.398 e. The minimum absolute atomic E-state index is 0.0790. The van der Waals surface area contributed by atoms with E-state index in [2.05, 4.69) is 14.7 Å². The van der Waals surface area contributed by atoms with Gasteiger partial charge in [-0.25, -0.2) is 0 Å². The number of halogens is 3. The number of benzene rings is 2. The Labute approximate surface area is 209 Å². The highest BCUT2D eigenvalue weighted by atomic mass is 19.4. The molecular formula is C23H24F3N5O6. The molecule has 0 fully saturated rings. The lowest BCUT2D eigenvalue weighted by molar-refractivity contribution is -0.388. The average molecular weight is 523 g/mol. The molecule has 0 aromatic heterocycles. The third-order valence-corrected chi connectivity index (χ3v) is 5.53. The number of nitro groups is 2. The zero-order valence-corrected chi connectivity index (χ0v) is 20.2. The van der Waals surface area contributed by atoms with Gasteiger partial charge in [-0.05, 0) is 43.5 Å². The maximum atomic E-state index is 12.1. The Morgan fingerprint density at radius 1 is 0.973 bits per heavy atom. The van der Waals surface area contributed by atoms with Gasteiger partial charge in [-0.2, -0.15) is 0 Å². The fraction of sp³-hybridized carbons (Fsp3) is 0.391. The second kappa shape index (κ2) is 10.5. The molecule has 2 aliphatic rings. The number of fused-ring (bicyclic) bond motifs is 2. The summed E-state index contributed by atoms with van der Waals surface area (Å²) in [5, 5.41) is 31.6. The second-order valence-electron chi connectivity index (χ2n) is 9.04. The van der Waals surface area contributed by atoms with Crippen molar-refractivity contribution >= 4 is 29.5 Å². The van der Waals surface area contributed by atoms with E-state index in [0.29, 0.717) is 36.3 Å². The predicted molar refractivity (Wildman–Crippen MR) is 130 cm³/mol. The van der Waals surface area contributed by atoms with Gasteiger partial charge in [0, 0.05) is 49.3 Å². The SMILES string of the molecule is CN(CCC(C)(C)O)c1cc2c(cc1[N+](=O)[O-])C=NC2.O=[N+]([O-])c1cc2c(cc1OC(F)(F)F)CN=C2. The van der Waals surface area contributed by atoms with Gasteiger partial charge in [0.25, 0.3) is 5.69 Å². The Morgan fingerprint density at radius 3 is 1.97 bits per heavy atom. The largest absolute Gasteiger partial charge is 0.573 e. The van der Waals surface area contributed by atoms with E-state index < -0.39 is 28.3 Å². The van der Waals surface area contributed by atoms with Gasteiger partial charge in [0.1, 0.15) is 5.69 Å². The van der Waals surface area contributed by atoms with E-state index in [1.165, 1.54) is 6.21 Å². The van der Waals surface area contributed by atoms with Crippen molar-refractivity contribution in [3.05, 3.63) is 66.7 Å². The summed E-state index contributed by atoms with van der Waals surface area (Å²) in [6, 6.07) is 5.41. The van der Waals surface area contributed by atoms with Crippen LogP contribution in [-0.2, 0) is 13.1 Å². The summed E-state index contributed by atoms with van der Waals surface area (Å²) in [6.45, 7) is 4.77. The van der Waals surface area contributed by atoms with E-state index >= 15 is 0 Å². The van der Waals surface area contributed by atoms with Crippen LogP contribution in [0.25, 0.3) is 0 Å². The number of aliphatic imine (C=N–C) groups is 2. The number of rotatable bonds is 7. The van der Waals surface area contributed by atoms with Crippen LogP contribution in [0.1, 0.15) is 42.5 Å². The predicted octanol–water partition coefficient (Wildman–Crippen LogP) is 4.55. The number of hydrogen-bond donors (Lipinski definition) is 1. The number of aliphatic hydroxyl groups is 1. The molecule has 198 valence electrons. The summed E-state index contributed by atoms with van der Waals surface area (Å²) < 4.78 is 39.8. The third kappa shape index (κ3) is 7.22. The molecule has 0 unspecified atom stereocenters. The smallest absolute Gasteiger partial charge is 0.398 e. The normalized spacial score (nSPS) is 13.5. The Balaban J connectivity index is 0.000000208. The van der Waals surface area contributed by atoms with Crippen molar-refractivity contribution < 1.29 is 32.9 Å². The fourth-order valence-corrected chi connectivity index (χ4v) is 3.62. The lowest BCUT2D eigenvalue weighted by atomic mass is 10.0. The van der Waals surface area contributed by atoms with Crippen LogP contribution < -0.4 is 9.64 Å². The van der Waals surface area contributed by atoms with Gasteiger partial charge >= 0.3 is 12.0 Å².